The van der Waals surface area contributed by atoms with Gasteiger partial charge in [-0.2, -0.15) is 0 Å². The maximum atomic E-state index is 11.5. The fourth-order valence-electron chi connectivity index (χ4n) is 1.37. The number of hydrogen-bond acceptors (Lipinski definition) is 4. The van der Waals surface area contributed by atoms with E-state index in [9.17, 15) is 14.4 Å². The molecule has 0 aliphatic carbocycles. The lowest BCUT2D eigenvalue weighted by Gasteiger charge is -2.11. The standard InChI is InChI=1S/C9H14N2O3S/c10-7(12)4-11-9(14)6-2-1-3-8(13)15-5-6/h6H,1-5H2,(H2,10,12)(H,11,14). The zero-order valence-electron chi connectivity index (χ0n) is 8.32. The highest BCUT2D eigenvalue weighted by atomic mass is 32.2. The van der Waals surface area contributed by atoms with Crippen molar-refractivity contribution < 1.29 is 14.4 Å². The molecule has 84 valence electrons. The Bertz CT molecular complexity index is 281. The van der Waals surface area contributed by atoms with Crippen molar-refractivity contribution in [2.75, 3.05) is 12.3 Å². The number of primary amides is 1. The van der Waals surface area contributed by atoms with Gasteiger partial charge in [-0.25, -0.2) is 0 Å². The highest BCUT2D eigenvalue weighted by molar-refractivity contribution is 8.13. The smallest absolute Gasteiger partial charge is 0.236 e. The first-order chi connectivity index (χ1) is 7.09. The van der Waals surface area contributed by atoms with Gasteiger partial charge in [-0.05, 0) is 12.8 Å². The summed E-state index contributed by atoms with van der Waals surface area (Å²) in [6.07, 6.45) is 1.97. The van der Waals surface area contributed by atoms with E-state index in [4.69, 9.17) is 5.73 Å². The lowest BCUT2D eigenvalue weighted by Crippen LogP contribution is -2.37. The predicted octanol–water partition coefficient (Wildman–Crippen LogP) is -0.352. The molecule has 0 radical (unpaired) electrons. The second-order valence-corrected chi connectivity index (χ2v) is 4.53. The number of hydrogen-bond donors (Lipinski definition) is 2. The minimum absolute atomic E-state index is 0.131. The molecule has 1 rings (SSSR count). The fourth-order valence-corrected chi connectivity index (χ4v) is 2.36. The first-order valence-corrected chi connectivity index (χ1v) is 5.80. The second kappa shape index (κ2) is 5.75. The van der Waals surface area contributed by atoms with E-state index in [1.807, 2.05) is 0 Å². The van der Waals surface area contributed by atoms with Crippen molar-refractivity contribution in [2.45, 2.75) is 19.3 Å². The third-order valence-corrected chi connectivity index (χ3v) is 3.28. The van der Waals surface area contributed by atoms with Crippen LogP contribution in [0.1, 0.15) is 19.3 Å². The molecular weight excluding hydrogens is 216 g/mol. The van der Waals surface area contributed by atoms with E-state index in [0.29, 0.717) is 18.6 Å². The van der Waals surface area contributed by atoms with E-state index in [-0.39, 0.29) is 23.5 Å². The SMILES string of the molecule is NC(=O)CNC(=O)C1CCCC(=O)SC1. The molecule has 15 heavy (non-hydrogen) atoms. The molecule has 0 bridgehead atoms. The van der Waals surface area contributed by atoms with E-state index >= 15 is 0 Å². The van der Waals surface area contributed by atoms with Crippen LogP contribution >= 0.6 is 11.8 Å². The summed E-state index contributed by atoms with van der Waals surface area (Å²) in [5, 5.41) is 2.60. The van der Waals surface area contributed by atoms with Crippen LogP contribution in [-0.2, 0) is 14.4 Å². The molecule has 6 heteroatoms. The number of rotatable bonds is 3. The van der Waals surface area contributed by atoms with Crippen LogP contribution in [0.3, 0.4) is 0 Å². The lowest BCUT2D eigenvalue weighted by molar-refractivity contribution is -0.127. The Morgan fingerprint density at radius 1 is 1.53 bits per heavy atom. The Morgan fingerprint density at radius 3 is 2.93 bits per heavy atom. The number of amides is 2. The van der Waals surface area contributed by atoms with Gasteiger partial charge in [0.2, 0.25) is 11.8 Å². The van der Waals surface area contributed by atoms with Crippen LogP contribution in [0.2, 0.25) is 0 Å². The Morgan fingerprint density at radius 2 is 2.27 bits per heavy atom. The van der Waals surface area contributed by atoms with Crippen molar-refractivity contribution in [3.63, 3.8) is 0 Å². The van der Waals surface area contributed by atoms with Crippen molar-refractivity contribution in [3.05, 3.63) is 0 Å². The summed E-state index contributed by atoms with van der Waals surface area (Å²) in [6, 6.07) is 0. The number of thioether (sulfide) groups is 1. The van der Waals surface area contributed by atoms with Crippen molar-refractivity contribution in [3.8, 4) is 0 Å². The molecule has 0 spiro atoms. The molecule has 5 nitrogen and oxygen atoms in total. The molecule has 0 aromatic rings. The first-order valence-electron chi connectivity index (χ1n) is 4.81. The molecule has 2 amide bonds. The van der Waals surface area contributed by atoms with Gasteiger partial charge in [0.1, 0.15) is 0 Å². The van der Waals surface area contributed by atoms with Gasteiger partial charge < -0.3 is 11.1 Å². The summed E-state index contributed by atoms with van der Waals surface area (Å²) in [4.78, 5) is 33.0. The quantitative estimate of drug-likeness (QED) is 0.693. The maximum Gasteiger partial charge on any atom is 0.236 e. The third-order valence-electron chi connectivity index (χ3n) is 2.19. The summed E-state index contributed by atoms with van der Waals surface area (Å²) in [7, 11) is 0. The Hall–Kier alpha value is -1.04. The van der Waals surface area contributed by atoms with E-state index < -0.39 is 5.91 Å². The maximum absolute atomic E-state index is 11.5. The van der Waals surface area contributed by atoms with Gasteiger partial charge in [0, 0.05) is 18.1 Å². The van der Waals surface area contributed by atoms with Gasteiger partial charge >= 0.3 is 0 Å². The van der Waals surface area contributed by atoms with Crippen LogP contribution in [0.4, 0.5) is 0 Å². The number of nitrogens with two attached hydrogens (primary N) is 1. The predicted molar refractivity (Wildman–Crippen MR) is 57.0 cm³/mol. The highest BCUT2D eigenvalue weighted by Crippen LogP contribution is 2.23. The van der Waals surface area contributed by atoms with Crippen LogP contribution in [0.25, 0.3) is 0 Å². The van der Waals surface area contributed by atoms with Gasteiger partial charge in [0.15, 0.2) is 5.12 Å². The van der Waals surface area contributed by atoms with E-state index in [0.717, 1.165) is 6.42 Å². The van der Waals surface area contributed by atoms with Gasteiger partial charge in [-0.15, -0.1) is 0 Å². The zero-order chi connectivity index (χ0) is 11.3. The van der Waals surface area contributed by atoms with Crippen LogP contribution in [0.5, 0.6) is 0 Å². The first kappa shape index (κ1) is 12.0. The average Bonchev–Trinajstić information content (AvgIpc) is 2.39. The Labute approximate surface area is 92.2 Å². The monoisotopic (exact) mass is 230 g/mol. The molecule has 0 aromatic heterocycles. The molecule has 1 atom stereocenters. The zero-order valence-corrected chi connectivity index (χ0v) is 9.14. The molecule has 1 aliphatic heterocycles. The Balaban J connectivity index is 2.38. The van der Waals surface area contributed by atoms with Crippen molar-refractivity contribution >= 4 is 28.7 Å². The second-order valence-electron chi connectivity index (χ2n) is 3.46. The summed E-state index contributed by atoms with van der Waals surface area (Å²) < 4.78 is 0. The van der Waals surface area contributed by atoms with E-state index in [2.05, 4.69) is 5.32 Å². The van der Waals surface area contributed by atoms with E-state index in [1.165, 1.54) is 11.8 Å². The van der Waals surface area contributed by atoms with Crippen molar-refractivity contribution in [1.29, 1.82) is 0 Å². The topological polar surface area (TPSA) is 89.3 Å². The van der Waals surface area contributed by atoms with Crippen LogP contribution in [0, 0.1) is 5.92 Å². The molecule has 0 aromatic carbocycles. The van der Waals surface area contributed by atoms with E-state index in [1.54, 1.807) is 0 Å². The fraction of sp³-hybridized carbons (Fsp3) is 0.667. The molecule has 1 fully saturated rings. The minimum atomic E-state index is -0.555. The van der Waals surface area contributed by atoms with Crippen LogP contribution in [-0.4, -0.2) is 29.2 Å². The normalized spacial score (nSPS) is 21.9. The Kier molecular flexibility index (Phi) is 4.61. The average molecular weight is 230 g/mol. The van der Waals surface area contributed by atoms with Gasteiger partial charge in [-0.1, -0.05) is 11.8 Å². The molecule has 1 heterocycles. The molecular formula is C9H14N2O3S. The van der Waals surface area contributed by atoms with Gasteiger partial charge in [-0.3, -0.25) is 14.4 Å². The van der Waals surface area contributed by atoms with Crippen molar-refractivity contribution in [1.82, 2.24) is 5.32 Å². The summed E-state index contributed by atoms with van der Waals surface area (Å²) >= 11 is 1.19. The molecule has 1 unspecified atom stereocenters. The minimum Gasteiger partial charge on any atom is -0.368 e. The lowest BCUT2D eigenvalue weighted by atomic mass is 10.0. The summed E-state index contributed by atoms with van der Waals surface area (Å²) in [5.41, 5.74) is 4.91. The number of nitrogens with one attached hydrogen (secondary N) is 1. The molecule has 3 N–H and O–H groups in total. The van der Waals surface area contributed by atoms with Crippen molar-refractivity contribution in [2.24, 2.45) is 11.7 Å². The highest BCUT2D eigenvalue weighted by Gasteiger charge is 2.23. The molecule has 1 saturated heterocycles. The summed E-state index contributed by atoms with van der Waals surface area (Å²) in [6.45, 7) is -0.131. The van der Waals surface area contributed by atoms with Crippen LogP contribution < -0.4 is 11.1 Å². The third kappa shape index (κ3) is 4.33. The number of carbonyl (C=O) groups excluding carboxylic acids is 3. The van der Waals surface area contributed by atoms with Gasteiger partial charge in [0.05, 0.1) is 6.54 Å². The molecule has 0 saturated carbocycles. The number of carbonyl (C=O) groups is 3. The summed E-state index contributed by atoms with van der Waals surface area (Å²) in [5.74, 6) is -0.416. The molecule has 1 aliphatic rings. The van der Waals surface area contributed by atoms with Gasteiger partial charge in [0.25, 0.3) is 0 Å². The van der Waals surface area contributed by atoms with Crippen LogP contribution in [0.15, 0.2) is 0 Å². The largest absolute Gasteiger partial charge is 0.368 e.